The van der Waals surface area contributed by atoms with Gasteiger partial charge in [-0.15, -0.1) is 0 Å². The molecule has 100 valence electrons. The van der Waals surface area contributed by atoms with E-state index in [1.54, 1.807) is 31.2 Å². The second kappa shape index (κ2) is 7.38. The third kappa shape index (κ3) is 3.99. The van der Waals surface area contributed by atoms with Crippen molar-refractivity contribution in [3.05, 3.63) is 28.2 Å². The molecule has 1 N–H and O–H groups in total. The number of methoxy groups -OCH3 is 1. The van der Waals surface area contributed by atoms with Crippen LogP contribution in [-0.2, 0) is 0 Å². The van der Waals surface area contributed by atoms with Gasteiger partial charge in [-0.25, -0.2) is 0 Å². The Labute approximate surface area is 116 Å². The highest BCUT2D eigenvalue weighted by Crippen LogP contribution is 2.24. The molecule has 0 saturated heterocycles. The normalized spacial score (nSPS) is 10.2. The van der Waals surface area contributed by atoms with Crippen molar-refractivity contribution in [3.8, 4) is 5.75 Å². The van der Waals surface area contributed by atoms with Crippen LogP contribution in [0.1, 0.15) is 16.8 Å². The number of ether oxygens (including phenoxy) is 1. The van der Waals surface area contributed by atoms with Crippen molar-refractivity contribution in [1.29, 1.82) is 0 Å². The topological polar surface area (TPSA) is 41.6 Å². The number of nitrogens with one attached hydrogen (secondary N) is 1. The molecule has 0 saturated carbocycles. The largest absolute Gasteiger partial charge is 0.496 e. The Bertz CT molecular complexity index is 410. The van der Waals surface area contributed by atoms with Gasteiger partial charge in [0, 0.05) is 18.1 Å². The molecule has 0 spiro atoms. The first-order chi connectivity index (χ1) is 8.60. The van der Waals surface area contributed by atoms with E-state index < -0.39 is 0 Å². The van der Waals surface area contributed by atoms with Crippen molar-refractivity contribution in [2.45, 2.75) is 6.42 Å². The van der Waals surface area contributed by atoms with E-state index >= 15 is 0 Å². The lowest BCUT2D eigenvalue weighted by Crippen LogP contribution is -2.29. The molecule has 18 heavy (non-hydrogen) atoms. The molecular formula is C13H19BrN2O2. The molecule has 0 aromatic heterocycles. The van der Waals surface area contributed by atoms with Gasteiger partial charge in [-0.3, -0.25) is 4.79 Å². The van der Waals surface area contributed by atoms with Crippen LogP contribution < -0.4 is 10.1 Å². The first-order valence-corrected chi connectivity index (χ1v) is 6.63. The van der Waals surface area contributed by atoms with Crippen molar-refractivity contribution < 1.29 is 9.53 Å². The van der Waals surface area contributed by atoms with Crippen molar-refractivity contribution in [2.75, 3.05) is 34.3 Å². The van der Waals surface area contributed by atoms with E-state index in [2.05, 4.69) is 21.2 Å². The van der Waals surface area contributed by atoms with Gasteiger partial charge in [-0.05, 0) is 38.2 Å². The van der Waals surface area contributed by atoms with E-state index in [9.17, 15) is 4.79 Å². The Balaban J connectivity index is 2.76. The molecule has 1 aromatic carbocycles. The maximum absolute atomic E-state index is 12.2. The van der Waals surface area contributed by atoms with Gasteiger partial charge >= 0.3 is 0 Å². The molecule has 5 heteroatoms. The summed E-state index contributed by atoms with van der Waals surface area (Å²) in [5.41, 5.74) is 0.590. The lowest BCUT2D eigenvalue weighted by Gasteiger charge is -2.18. The number of nitrogens with zero attached hydrogens (tertiary/aromatic N) is 1. The van der Waals surface area contributed by atoms with E-state index in [4.69, 9.17) is 4.74 Å². The van der Waals surface area contributed by atoms with E-state index in [-0.39, 0.29) is 5.91 Å². The van der Waals surface area contributed by atoms with Gasteiger partial charge in [0.05, 0.1) is 12.7 Å². The molecule has 1 aromatic rings. The molecule has 0 radical (unpaired) electrons. The fourth-order valence-corrected chi connectivity index (χ4v) is 1.98. The predicted octanol–water partition coefficient (Wildman–Crippen LogP) is 2.14. The van der Waals surface area contributed by atoms with Crippen LogP contribution in [0.25, 0.3) is 0 Å². The highest BCUT2D eigenvalue weighted by molar-refractivity contribution is 9.10. The molecule has 0 fully saturated rings. The van der Waals surface area contributed by atoms with Crippen LogP contribution in [-0.4, -0.2) is 45.1 Å². The first-order valence-electron chi connectivity index (χ1n) is 5.83. The van der Waals surface area contributed by atoms with Gasteiger partial charge in [-0.1, -0.05) is 15.9 Å². The van der Waals surface area contributed by atoms with E-state index in [1.165, 1.54) is 0 Å². The van der Waals surface area contributed by atoms with Crippen LogP contribution in [0.15, 0.2) is 22.7 Å². The molecule has 0 bridgehead atoms. The zero-order valence-electron chi connectivity index (χ0n) is 11.0. The monoisotopic (exact) mass is 314 g/mol. The summed E-state index contributed by atoms with van der Waals surface area (Å²) in [7, 11) is 5.28. The van der Waals surface area contributed by atoms with Crippen LogP contribution >= 0.6 is 15.9 Å². The Kier molecular flexibility index (Phi) is 6.15. The minimum absolute atomic E-state index is 0.0181. The second-order valence-corrected chi connectivity index (χ2v) is 4.94. The fraction of sp³-hybridized carbons (Fsp3) is 0.462. The van der Waals surface area contributed by atoms with E-state index in [0.29, 0.717) is 11.3 Å². The van der Waals surface area contributed by atoms with Gasteiger partial charge in [0.1, 0.15) is 5.75 Å². The Hall–Kier alpha value is -1.07. The lowest BCUT2D eigenvalue weighted by atomic mass is 10.1. The van der Waals surface area contributed by atoms with Gasteiger partial charge in [0.2, 0.25) is 0 Å². The third-order valence-electron chi connectivity index (χ3n) is 2.66. The van der Waals surface area contributed by atoms with Crippen molar-refractivity contribution in [2.24, 2.45) is 0 Å². The zero-order valence-corrected chi connectivity index (χ0v) is 12.6. The maximum atomic E-state index is 12.2. The molecule has 0 unspecified atom stereocenters. The standard InChI is InChI=1S/C13H19BrN2O2/c1-15-7-4-8-16(2)13(17)11-6-5-10(14)9-12(11)18-3/h5-6,9,15H,4,7-8H2,1-3H3. The summed E-state index contributed by atoms with van der Waals surface area (Å²) in [6.07, 6.45) is 0.928. The van der Waals surface area contributed by atoms with Crippen molar-refractivity contribution in [3.63, 3.8) is 0 Å². The third-order valence-corrected chi connectivity index (χ3v) is 3.15. The van der Waals surface area contributed by atoms with E-state index in [0.717, 1.165) is 24.0 Å². The number of carbonyl (C=O) groups excluding carboxylic acids is 1. The smallest absolute Gasteiger partial charge is 0.257 e. The van der Waals surface area contributed by atoms with Crippen LogP contribution in [0, 0.1) is 0 Å². The second-order valence-electron chi connectivity index (χ2n) is 4.03. The zero-order chi connectivity index (χ0) is 13.5. The van der Waals surface area contributed by atoms with Crippen molar-refractivity contribution >= 4 is 21.8 Å². The lowest BCUT2D eigenvalue weighted by molar-refractivity contribution is 0.0790. The molecular weight excluding hydrogens is 296 g/mol. The van der Waals surface area contributed by atoms with Gasteiger partial charge in [0.15, 0.2) is 0 Å². The summed E-state index contributed by atoms with van der Waals surface area (Å²) < 4.78 is 6.13. The quantitative estimate of drug-likeness (QED) is 0.818. The van der Waals surface area contributed by atoms with Gasteiger partial charge < -0.3 is 15.0 Å². The highest BCUT2D eigenvalue weighted by atomic mass is 79.9. The van der Waals surface area contributed by atoms with Crippen LogP contribution in [0.2, 0.25) is 0 Å². The number of rotatable bonds is 6. The maximum Gasteiger partial charge on any atom is 0.257 e. The van der Waals surface area contributed by atoms with Crippen LogP contribution in [0.4, 0.5) is 0 Å². The molecule has 0 aliphatic heterocycles. The molecule has 0 aliphatic rings. The summed E-state index contributed by atoms with van der Waals surface area (Å²) >= 11 is 3.36. The summed E-state index contributed by atoms with van der Waals surface area (Å²) in [6, 6.07) is 5.42. The molecule has 0 aliphatic carbocycles. The Morgan fingerprint density at radius 2 is 2.22 bits per heavy atom. The number of halogens is 1. The Morgan fingerprint density at radius 3 is 2.83 bits per heavy atom. The SMILES string of the molecule is CNCCCN(C)C(=O)c1ccc(Br)cc1OC. The summed E-state index contributed by atoms with van der Waals surface area (Å²) in [4.78, 5) is 14.0. The predicted molar refractivity (Wildman–Crippen MR) is 76.2 cm³/mol. The average molecular weight is 315 g/mol. The van der Waals surface area contributed by atoms with Crippen LogP contribution in [0.5, 0.6) is 5.75 Å². The number of amides is 1. The fourth-order valence-electron chi connectivity index (χ4n) is 1.64. The number of hydrogen-bond donors (Lipinski definition) is 1. The number of carbonyl (C=O) groups is 1. The molecule has 0 heterocycles. The van der Waals surface area contributed by atoms with E-state index in [1.807, 2.05) is 13.1 Å². The number of hydrogen-bond acceptors (Lipinski definition) is 3. The van der Waals surface area contributed by atoms with Crippen molar-refractivity contribution in [1.82, 2.24) is 10.2 Å². The minimum Gasteiger partial charge on any atom is -0.496 e. The summed E-state index contributed by atoms with van der Waals surface area (Å²) in [5, 5.41) is 3.06. The summed E-state index contributed by atoms with van der Waals surface area (Å²) in [6.45, 7) is 1.62. The average Bonchev–Trinajstić information content (AvgIpc) is 2.37. The highest BCUT2D eigenvalue weighted by Gasteiger charge is 2.16. The number of benzene rings is 1. The molecule has 4 nitrogen and oxygen atoms in total. The molecule has 1 amide bonds. The minimum atomic E-state index is -0.0181. The molecule has 0 atom stereocenters. The first kappa shape index (κ1) is 15.0. The van der Waals surface area contributed by atoms with Crippen LogP contribution in [0.3, 0.4) is 0 Å². The molecule has 1 rings (SSSR count). The van der Waals surface area contributed by atoms with Gasteiger partial charge in [-0.2, -0.15) is 0 Å². The van der Waals surface area contributed by atoms with Gasteiger partial charge in [0.25, 0.3) is 5.91 Å². The summed E-state index contributed by atoms with van der Waals surface area (Å²) in [5.74, 6) is 0.574. The Morgan fingerprint density at radius 1 is 1.50 bits per heavy atom.